The summed E-state index contributed by atoms with van der Waals surface area (Å²) >= 11 is 0. The van der Waals surface area contributed by atoms with E-state index in [1.807, 2.05) is 0 Å². The van der Waals surface area contributed by atoms with Crippen LogP contribution < -0.4 is 10.6 Å². The standard InChI is InChI=1S/C18H25FN2O3/c19-15-7-5-14(6-8-15)17(16-4-2-10-24-16)21-18(22)20-11-13-3-1-9-23-12-13/h5-8,13,16-17H,1-4,9-12H2,(H2,20,21,22)/t13-,16+,17-/m0/s1. The lowest BCUT2D eigenvalue weighted by atomic mass is 9.99. The van der Waals surface area contributed by atoms with Crippen molar-refractivity contribution in [3.05, 3.63) is 35.6 Å². The van der Waals surface area contributed by atoms with Crippen LogP contribution in [0.15, 0.2) is 24.3 Å². The molecule has 2 N–H and O–H groups in total. The number of carbonyl (C=O) groups excluding carboxylic acids is 1. The molecule has 0 unspecified atom stereocenters. The molecule has 2 aliphatic rings. The van der Waals surface area contributed by atoms with Crippen molar-refractivity contribution in [2.75, 3.05) is 26.4 Å². The number of hydrogen-bond acceptors (Lipinski definition) is 3. The molecular formula is C18H25FN2O3. The fourth-order valence-corrected chi connectivity index (χ4v) is 3.32. The molecule has 0 spiro atoms. The molecule has 2 heterocycles. The Kier molecular flexibility index (Phi) is 6.04. The second-order valence-corrected chi connectivity index (χ2v) is 6.52. The first-order valence-electron chi connectivity index (χ1n) is 8.71. The number of rotatable bonds is 5. The molecule has 132 valence electrons. The van der Waals surface area contributed by atoms with Crippen molar-refractivity contribution in [2.45, 2.75) is 37.8 Å². The fourth-order valence-electron chi connectivity index (χ4n) is 3.32. The molecule has 0 saturated carbocycles. The van der Waals surface area contributed by atoms with E-state index >= 15 is 0 Å². The van der Waals surface area contributed by atoms with Crippen LogP contribution in [-0.4, -0.2) is 38.5 Å². The molecule has 2 fully saturated rings. The van der Waals surface area contributed by atoms with E-state index in [-0.39, 0.29) is 24.0 Å². The summed E-state index contributed by atoms with van der Waals surface area (Å²) in [6.07, 6.45) is 3.92. The maximum atomic E-state index is 13.2. The summed E-state index contributed by atoms with van der Waals surface area (Å²) in [5.41, 5.74) is 0.861. The van der Waals surface area contributed by atoms with E-state index in [0.717, 1.165) is 37.9 Å². The SMILES string of the molecule is O=C(NC[C@@H]1CCCOC1)N[C@@H](c1ccc(F)cc1)[C@H]1CCCO1. The Hall–Kier alpha value is -1.66. The summed E-state index contributed by atoms with van der Waals surface area (Å²) < 4.78 is 24.3. The molecule has 2 aliphatic heterocycles. The maximum Gasteiger partial charge on any atom is 0.315 e. The first kappa shape index (κ1) is 17.2. The Morgan fingerprint density at radius 1 is 1.21 bits per heavy atom. The summed E-state index contributed by atoms with van der Waals surface area (Å²) in [4.78, 5) is 12.3. The van der Waals surface area contributed by atoms with E-state index in [9.17, 15) is 9.18 Å². The van der Waals surface area contributed by atoms with Gasteiger partial charge in [0.05, 0.1) is 18.8 Å². The zero-order valence-corrected chi connectivity index (χ0v) is 13.8. The third kappa shape index (κ3) is 4.68. The molecular weight excluding hydrogens is 311 g/mol. The van der Waals surface area contributed by atoms with Gasteiger partial charge >= 0.3 is 6.03 Å². The Bertz CT molecular complexity index is 526. The van der Waals surface area contributed by atoms with Crippen molar-refractivity contribution in [1.82, 2.24) is 10.6 Å². The van der Waals surface area contributed by atoms with E-state index in [0.29, 0.717) is 25.7 Å². The van der Waals surface area contributed by atoms with Crippen LogP contribution in [0.4, 0.5) is 9.18 Å². The Morgan fingerprint density at radius 3 is 2.67 bits per heavy atom. The summed E-state index contributed by atoms with van der Waals surface area (Å²) in [5, 5.41) is 5.92. The van der Waals surface area contributed by atoms with Gasteiger partial charge in [-0.3, -0.25) is 0 Å². The number of halogens is 1. The van der Waals surface area contributed by atoms with Gasteiger partial charge in [0, 0.05) is 19.8 Å². The van der Waals surface area contributed by atoms with Crippen molar-refractivity contribution in [2.24, 2.45) is 5.92 Å². The quantitative estimate of drug-likeness (QED) is 0.869. The molecule has 0 aliphatic carbocycles. The molecule has 0 radical (unpaired) electrons. The van der Waals surface area contributed by atoms with Gasteiger partial charge in [0.25, 0.3) is 0 Å². The number of nitrogens with one attached hydrogen (secondary N) is 2. The van der Waals surface area contributed by atoms with E-state index in [2.05, 4.69) is 10.6 Å². The first-order chi connectivity index (χ1) is 11.7. The zero-order valence-electron chi connectivity index (χ0n) is 13.8. The molecule has 1 aromatic rings. The van der Waals surface area contributed by atoms with Crippen molar-refractivity contribution >= 4 is 6.03 Å². The van der Waals surface area contributed by atoms with Gasteiger partial charge in [-0.05, 0) is 49.3 Å². The second-order valence-electron chi connectivity index (χ2n) is 6.52. The average molecular weight is 336 g/mol. The van der Waals surface area contributed by atoms with Crippen LogP contribution in [0, 0.1) is 11.7 Å². The highest BCUT2D eigenvalue weighted by atomic mass is 19.1. The zero-order chi connectivity index (χ0) is 16.8. The molecule has 1 aromatic carbocycles. The number of carbonyl (C=O) groups is 1. The fraction of sp³-hybridized carbons (Fsp3) is 0.611. The largest absolute Gasteiger partial charge is 0.381 e. The summed E-state index contributed by atoms with van der Waals surface area (Å²) in [7, 11) is 0. The molecule has 0 bridgehead atoms. The molecule has 6 heteroatoms. The predicted molar refractivity (Wildman–Crippen MR) is 88.2 cm³/mol. The molecule has 24 heavy (non-hydrogen) atoms. The molecule has 3 rings (SSSR count). The topological polar surface area (TPSA) is 59.6 Å². The van der Waals surface area contributed by atoms with E-state index < -0.39 is 0 Å². The van der Waals surface area contributed by atoms with Crippen molar-refractivity contribution < 1.29 is 18.7 Å². The van der Waals surface area contributed by atoms with Gasteiger partial charge in [-0.1, -0.05) is 12.1 Å². The lowest BCUT2D eigenvalue weighted by Crippen LogP contribution is -2.44. The van der Waals surface area contributed by atoms with Gasteiger partial charge in [0.2, 0.25) is 0 Å². The predicted octanol–water partition coefficient (Wildman–Crippen LogP) is 2.77. The van der Waals surface area contributed by atoms with E-state index in [1.165, 1.54) is 12.1 Å². The molecule has 5 nitrogen and oxygen atoms in total. The van der Waals surface area contributed by atoms with Crippen molar-refractivity contribution in [3.63, 3.8) is 0 Å². The normalized spacial score (nSPS) is 25.2. The first-order valence-corrected chi connectivity index (χ1v) is 8.71. The maximum absolute atomic E-state index is 13.2. The minimum Gasteiger partial charge on any atom is -0.381 e. The average Bonchev–Trinajstić information content (AvgIpc) is 3.14. The van der Waals surface area contributed by atoms with Crippen LogP contribution in [0.3, 0.4) is 0 Å². The number of hydrogen-bond donors (Lipinski definition) is 2. The highest BCUT2D eigenvalue weighted by Crippen LogP contribution is 2.27. The highest BCUT2D eigenvalue weighted by molar-refractivity contribution is 5.74. The number of benzene rings is 1. The molecule has 2 amide bonds. The lowest BCUT2D eigenvalue weighted by molar-refractivity contribution is 0.0552. The van der Waals surface area contributed by atoms with Gasteiger partial charge in [0.1, 0.15) is 5.82 Å². The van der Waals surface area contributed by atoms with E-state index in [4.69, 9.17) is 9.47 Å². The number of urea groups is 1. The third-order valence-electron chi connectivity index (χ3n) is 4.66. The van der Waals surface area contributed by atoms with Crippen LogP contribution in [0.25, 0.3) is 0 Å². The summed E-state index contributed by atoms with van der Waals surface area (Å²) in [6.45, 7) is 2.82. The van der Waals surface area contributed by atoms with Gasteiger partial charge < -0.3 is 20.1 Å². The Morgan fingerprint density at radius 2 is 2.00 bits per heavy atom. The van der Waals surface area contributed by atoms with Crippen LogP contribution in [0.2, 0.25) is 0 Å². The van der Waals surface area contributed by atoms with Crippen molar-refractivity contribution in [1.29, 1.82) is 0 Å². The van der Waals surface area contributed by atoms with E-state index in [1.54, 1.807) is 12.1 Å². The lowest BCUT2D eigenvalue weighted by Gasteiger charge is -2.26. The van der Waals surface area contributed by atoms with Gasteiger partial charge in [-0.2, -0.15) is 0 Å². The second kappa shape index (κ2) is 8.44. The summed E-state index contributed by atoms with van der Waals surface area (Å²) in [6, 6.07) is 5.75. The smallest absolute Gasteiger partial charge is 0.315 e. The van der Waals surface area contributed by atoms with Gasteiger partial charge in [-0.25, -0.2) is 9.18 Å². The molecule has 2 saturated heterocycles. The number of ether oxygens (including phenoxy) is 2. The minimum atomic E-state index is -0.286. The minimum absolute atomic E-state index is 0.0702. The number of amides is 2. The van der Waals surface area contributed by atoms with Gasteiger partial charge in [-0.15, -0.1) is 0 Å². The summed E-state index contributed by atoms with van der Waals surface area (Å²) in [5.74, 6) is 0.0862. The monoisotopic (exact) mass is 336 g/mol. The van der Waals surface area contributed by atoms with Crippen molar-refractivity contribution in [3.8, 4) is 0 Å². The van der Waals surface area contributed by atoms with Crippen LogP contribution in [0.5, 0.6) is 0 Å². The highest BCUT2D eigenvalue weighted by Gasteiger charge is 2.29. The van der Waals surface area contributed by atoms with Crippen LogP contribution in [0.1, 0.15) is 37.3 Å². The third-order valence-corrected chi connectivity index (χ3v) is 4.66. The molecule has 0 aromatic heterocycles. The van der Waals surface area contributed by atoms with Crippen LogP contribution in [-0.2, 0) is 9.47 Å². The Balaban J connectivity index is 1.58. The van der Waals surface area contributed by atoms with Crippen LogP contribution >= 0.6 is 0 Å². The molecule has 3 atom stereocenters. The van der Waals surface area contributed by atoms with Gasteiger partial charge in [0.15, 0.2) is 0 Å². The Labute approximate surface area is 141 Å².